The van der Waals surface area contributed by atoms with Crippen molar-refractivity contribution in [2.75, 3.05) is 25.1 Å². The van der Waals surface area contributed by atoms with Crippen molar-refractivity contribution in [3.63, 3.8) is 0 Å². The molecule has 1 aromatic heterocycles. The molecule has 4 heterocycles. The second-order valence-electron chi connectivity index (χ2n) is 11.2. The number of hydroxylamine groups is 2. The number of carbonyl (C=O) groups is 2. The minimum absolute atomic E-state index is 0.184. The van der Waals surface area contributed by atoms with Crippen molar-refractivity contribution >= 4 is 46.1 Å². The number of hydrogen-bond acceptors (Lipinski definition) is 10. The van der Waals surface area contributed by atoms with Crippen molar-refractivity contribution in [2.24, 2.45) is 0 Å². The van der Waals surface area contributed by atoms with Gasteiger partial charge >= 0.3 is 17.9 Å². The number of H-pyrrole nitrogens is 1. The Morgan fingerprint density at radius 3 is 2.77 bits per heavy atom. The normalized spacial score (nSPS) is 22.4. The zero-order valence-corrected chi connectivity index (χ0v) is 23.9. The third kappa shape index (κ3) is 6.10. The number of aromatic amines is 1. The highest BCUT2D eigenvalue weighted by molar-refractivity contribution is 8.04. The van der Waals surface area contributed by atoms with Gasteiger partial charge in [0.25, 0.3) is 5.91 Å². The number of nitrogens with one attached hydrogen (secondary N) is 3. The number of halogens is 3. The first-order valence-corrected chi connectivity index (χ1v) is 14.4. The highest BCUT2D eigenvalue weighted by Crippen LogP contribution is 2.46. The predicted octanol–water partition coefficient (Wildman–Crippen LogP) is 3.97. The van der Waals surface area contributed by atoms with Crippen molar-refractivity contribution in [1.82, 2.24) is 20.3 Å². The number of ether oxygens (including phenoxy) is 1. The lowest BCUT2D eigenvalue weighted by atomic mass is 9.94. The van der Waals surface area contributed by atoms with E-state index in [0.29, 0.717) is 36.4 Å². The third-order valence-corrected chi connectivity index (χ3v) is 8.63. The van der Waals surface area contributed by atoms with Crippen LogP contribution in [0.1, 0.15) is 25.8 Å². The van der Waals surface area contributed by atoms with Crippen LogP contribution in [-0.2, 0) is 25.6 Å². The lowest BCUT2D eigenvalue weighted by molar-refractivity contribution is -0.243. The van der Waals surface area contributed by atoms with Crippen LogP contribution < -0.4 is 16.4 Å². The summed E-state index contributed by atoms with van der Waals surface area (Å²) in [6.07, 6.45) is -4.56. The molecule has 0 bridgehead atoms. The number of rotatable bonds is 6. The number of morpholine rings is 1. The van der Waals surface area contributed by atoms with Crippen molar-refractivity contribution in [2.45, 2.75) is 49.9 Å². The van der Waals surface area contributed by atoms with Crippen LogP contribution in [0, 0.1) is 0 Å². The number of benzene rings is 2. The SMILES string of the molecule is CC1(C)CC2=C(SC(N3CCOCC3Cc3cccc(Nc4ccc5[nH]c(=O)oc5c4)c3)N2OC(=O)C(F)(F)F)C(=O)N1. The number of oxazole rings is 1. The smallest absolute Gasteiger partial charge is 0.408 e. The van der Waals surface area contributed by atoms with Crippen LogP contribution in [0.4, 0.5) is 24.5 Å². The molecule has 0 spiro atoms. The summed E-state index contributed by atoms with van der Waals surface area (Å²) in [7, 11) is 0. The van der Waals surface area contributed by atoms with E-state index in [2.05, 4.69) is 15.6 Å². The maximum absolute atomic E-state index is 13.3. The Bertz CT molecular complexity index is 1670. The number of carbonyl (C=O) groups excluding carboxylic acids is 2. The maximum Gasteiger partial charge on any atom is 0.493 e. The average Bonchev–Trinajstić information content (AvgIpc) is 3.47. The van der Waals surface area contributed by atoms with Gasteiger partial charge in [0.2, 0.25) is 0 Å². The van der Waals surface area contributed by atoms with Crippen LogP contribution in [0.3, 0.4) is 0 Å². The number of amides is 1. The molecule has 3 N–H and O–H groups in total. The van der Waals surface area contributed by atoms with Gasteiger partial charge in [0.1, 0.15) is 0 Å². The van der Waals surface area contributed by atoms with E-state index < -0.39 is 34.8 Å². The second-order valence-corrected chi connectivity index (χ2v) is 12.2. The number of fused-ring (bicyclic) bond motifs is 1. The molecule has 3 aliphatic rings. The van der Waals surface area contributed by atoms with Gasteiger partial charge in [-0.2, -0.15) is 18.2 Å². The molecule has 1 saturated heterocycles. The largest absolute Gasteiger partial charge is 0.493 e. The molecule has 6 rings (SSSR count). The van der Waals surface area contributed by atoms with E-state index in [9.17, 15) is 27.6 Å². The molecule has 1 fully saturated rings. The maximum atomic E-state index is 13.3. The third-order valence-electron chi connectivity index (χ3n) is 7.30. The molecule has 228 valence electrons. The predicted molar refractivity (Wildman–Crippen MR) is 151 cm³/mol. The van der Waals surface area contributed by atoms with Crippen molar-refractivity contribution in [3.05, 3.63) is 69.2 Å². The Balaban J connectivity index is 1.24. The van der Waals surface area contributed by atoms with E-state index >= 15 is 0 Å². The molecule has 0 radical (unpaired) electrons. The van der Waals surface area contributed by atoms with Gasteiger partial charge in [-0.3, -0.25) is 14.7 Å². The molecule has 3 aromatic rings. The van der Waals surface area contributed by atoms with Gasteiger partial charge < -0.3 is 24.6 Å². The van der Waals surface area contributed by atoms with E-state index in [-0.39, 0.29) is 29.7 Å². The Morgan fingerprint density at radius 1 is 1.19 bits per heavy atom. The van der Waals surface area contributed by atoms with E-state index in [0.717, 1.165) is 28.1 Å². The van der Waals surface area contributed by atoms with Crippen LogP contribution in [0.15, 0.2) is 62.3 Å². The fourth-order valence-corrected chi connectivity index (χ4v) is 6.79. The Kier molecular flexibility index (Phi) is 7.42. The summed E-state index contributed by atoms with van der Waals surface area (Å²) in [6.45, 7) is 4.44. The Labute approximate surface area is 247 Å². The zero-order valence-electron chi connectivity index (χ0n) is 23.1. The molecule has 43 heavy (non-hydrogen) atoms. The molecule has 15 heteroatoms. The molecule has 2 atom stereocenters. The summed E-state index contributed by atoms with van der Waals surface area (Å²) in [5.74, 6) is -3.32. The summed E-state index contributed by atoms with van der Waals surface area (Å²) in [4.78, 5) is 46.1. The molecular formula is C28H28F3N5O6S. The topological polar surface area (TPSA) is 129 Å². The number of nitrogens with zero attached hydrogens (tertiary/aromatic N) is 2. The number of hydrogen-bond donors (Lipinski definition) is 3. The monoisotopic (exact) mass is 619 g/mol. The summed E-state index contributed by atoms with van der Waals surface area (Å²) in [6, 6.07) is 12.5. The number of alkyl halides is 3. The molecule has 2 aromatic carbocycles. The van der Waals surface area contributed by atoms with Crippen LogP contribution >= 0.6 is 11.8 Å². The molecule has 3 aliphatic heterocycles. The van der Waals surface area contributed by atoms with E-state index in [1.54, 1.807) is 32.0 Å². The molecule has 0 aliphatic carbocycles. The zero-order chi connectivity index (χ0) is 30.5. The van der Waals surface area contributed by atoms with Crippen molar-refractivity contribution < 1.29 is 36.8 Å². The highest BCUT2D eigenvalue weighted by atomic mass is 32.2. The highest BCUT2D eigenvalue weighted by Gasteiger charge is 2.51. The summed E-state index contributed by atoms with van der Waals surface area (Å²) >= 11 is 1.07. The van der Waals surface area contributed by atoms with Crippen LogP contribution in [-0.4, -0.2) is 69.8 Å². The summed E-state index contributed by atoms with van der Waals surface area (Å²) < 4.78 is 50.8. The number of thioether (sulfide) groups is 1. The minimum atomic E-state index is -5.21. The van der Waals surface area contributed by atoms with Crippen LogP contribution in [0.25, 0.3) is 11.1 Å². The van der Waals surface area contributed by atoms with Gasteiger partial charge in [0.15, 0.2) is 11.1 Å². The van der Waals surface area contributed by atoms with Gasteiger partial charge in [-0.15, -0.1) is 0 Å². The lowest BCUT2D eigenvalue weighted by Gasteiger charge is -2.42. The summed E-state index contributed by atoms with van der Waals surface area (Å²) in [5.41, 5.74) is 1.99. The van der Waals surface area contributed by atoms with Crippen molar-refractivity contribution in [1.29, 1.82) is 0 Å². The van der Waals surface area contributed by atoms with Crippen LogP contribution in [0.2, 0.25) is 0 Å². The van der Waals surface area contributed by atoms with Crippen molar-refractivity contribution in [3.8, 4) is 0 Å². The fourth-order valence-electron chi connectivity index (χ4n) is 5.44. The van der Waals surface area contributed by atoms with Gasteiger partial charge in [0, 0.05) is 42.0 Å². The number of anilines is 2. The quantitative estimate of drug-likeness (QED) is 0.373. The first-order valence-electron chi connectivity index (χ1n) is 13.5. The standard InChI is InChI=1S/C28H28F3N5O6S/c1-27(2)13-20-22(23(37)34-27)43-26(36(20)42-24(38)28(29,30)31)35-8-9-40-14-18(35)11-15-4-3-5-16(10-15)32-17-6-7-19-21(12-17)41-25(39)33-19/h3-7,10,12,18,26,32H,8-9,11,13-14H2,1-2H3,(H,33,39)(H,34,37). The molecule has 1 amide bonds. The Morgan fingerprint density at radius 2 is 1.98 bits per heavy atom. The van der Waals surface area contributed by atoms with E-state index in [1.807, 2.05) is 29.2 Å². The summed E-state index contributed by atoms with van der Waals surface area (Å²) in [5, 5.41) is 7.11. The first kappa shape index (κ1) is 29.1. The molecule has 11 nitrogen and oxygen atoms in total. The first-order chi connectivity index (χ1) is 20.4. The van der Waals surface area contributed by atoms with E-state index in [1.165, 1.54) is 0 Å². The average molecular weight is 620 g/mol. The number of aromatic nitrogens is 1. The van der Waals surface area contributed by atoms with Gasteiger partial charge in [-0.25, -0.2) is 9.59 Å². The molecular weight excluding hydrogens is 591 g/mol. The molecule has 2 unspecified atom stereocenters. The van der Waals surface area contributed by atoms with Gasteiger partial charge in [0.05, 0.1) is 29.3 Å². The molecule has 0 saturated carbocycles. The van der Waals surface area contributed by atoms with E-state index in [4.69, 9.17) is 14.0 Å². The van der Waals surface area contributed by atoms with Crippen LogP contribution in [0.5, 0.6) is 0 Å². The Hall–Kier alpha value is -3.95. The second kappa shape index (κ2) is 11.0. The minimum Gasteiger partial charge on any atom is -0.408 e. The lowest BCUT2D eigenvalue weighted by Crippen LogP contribution is -2.56. The van der Waals surface area contributed by atoms with Gasteiger partial charge in [-0.1, -0.05) is 23.9 Å². The van der Waals surface area contributed by atoms with Gasteiger partial charge in [-0.05, 0) is 50.1 Å². The fraction of sp³-hybridized carbons (Fsp3) is 0.393.